The number of benzene rings is 1. The Kier molecular flexibility index (Phi) is 5.16. The molecule has 1 saturated heterocycles. The van der Waals surface area contributed by atoms with E-state index in [1.54, 1.807) is 0 Å². The highest BCUT2D eigenvalue weighted by Gasteiger charge is 2.23. The number of carbonyl (C=O) groups excluding carboxylic acids is 1. The molecule has 24 heavy (non-hydrogen) atoms. The van der Waals surface area contributed by atoms with Gasteiger partial charge in [0, 0.05) is 31.7 Å². The third kappa shape index (κ3) is 3.30. The van der Waals surface area contributed by atoms with Crippen LogP contribution in [0.15, 0.2) is 18.2 Å². The Balaban J connectivity index is 1.76. The van der Waals surface area contributed by atoms with E-state index in [1.807, 2.05) is 25.1 Å². The number of aromatic nitrogens is 2. The summed E-state index contributed by atoms with van der Waals surface area (Å²) in [5.74, 6) is 1.10. The smallest absolute Gasteiger partial charge is 0.241 e. The predicted molar refractivity (Wildman–Crippen MR) is 95.3 cm³/mol. The molecule has 0 saturated carbocycles. The van der Waals surface area contributed by atoms with Crippen LogP contribution in [0.1, 0.15) is 26.6 Å². The van der Waals surface area contributed by atoms with Crippen molar-refractivity contribution in [2.45, 2.75) is 39.8 Å². The van der Waals surface area contributed by atoms with E-state index in [1.165, 1.54) is 0 Å². The lowest BCUT2D eigenvalue weighted by Crippen LogP contribution is -2.47. The van der Waals surface area contributed by atoms with Crippen LogP contribution in [0.25, 0.3) is 11.0 Å². The van der Waals surface area contributed by atoms with Crippen molar-refractivity contribution >= 4 is 22.6 Å². The van der Waals surface area contributed by atoms with Crippen LogP contribution < -0.4 is 5.32 Å². The summed E-state index contributed by atoms with van der Waals surface area (Å²) in [5, 5.41) is 3.03. The summed E-state index contributed by atoms with van der Waals surface area (Å²) in [5.41, 5.74) is 2.86. The van der Waals surface area contributed by atoms with Gasteiger partial charge < -0.3 is 14.6 Å². The van der Waals surface area contributed by atoms with Gasteiger partial charge in [-0.05, 0) is 32.0 Å². The average molecular weight is 330 g/mol. The van der Waals surface area contributed by atoms with Crippen molar-refractivity contribution in [3.8, 4) is 0 Å². The maximum absolute atomic E-state index is 12.5. The van der Waals surface area contributed by atoms with E-state index >= 15 is 0 Å². The highest BCUT2D eigenvalue weighted by molar-refractivity contribution is 5.96. The fraction of sp³-hybridized carbons (Fsp3) is 0.556. The van der Waals surface area contributed by atoms with Crippen molar-refractivity contribution in [1.29, 1.82) is 0 Å². The number of fused-ring (bicyclic) bond motifs is 1. The maximum atomic E-state index is 12.5. The lowest BCUT2D eigenvalue weighted by atomic mass is 10.2. The maximum Gasteiger partial charge on any atom is 0.241 e. The monoisotopic (exact) mass is 330 g/mol. The molecule has 0 spiro atoms. The fourth-order valence-corrected chi connectivity index (χ4v) is 3.26. The summed E-state index contributed by atoms with van der Waals surface area (Å²) in [6, 6.07) is 5.80. The van der Waals surface area contributed by atoms with Crippen molar-refractivity contribution in [3.05, 3.63) is 24.0 Å². The van der Waals surface area contributed by atoms with E-state index in [2.05, 4.69) is 33.6 Å². The Morgan fingerprint density at radius 3 is 2.75 bits per heavy atom. The Labute approximate surface area is 142 Å². The summed E-state index contributed by atoms with van der Waals surface area (Å²) in [6.07, 6.45) is 0.901. The minimum Gasteiger partial charge on any atom is -0.379 e. The zero-order chi connectivity index (χ0) is 17.1. The molecule has 0 unspecified atom stereocenters. The normalized spacial score (nSPS) is 17.1. The van der Waals surface area contributed by atoms with Crippen molar-refractivity contribution in [2.75, 3.05) is 31.6 Å². The van der Waals surface area contributed by atoms with Gasteiger partial charge in [0.25, 0.3) is 0 Å². The summed E-state index contributed by atoms with van der Waals surface area (Å²) >= 11 is 0. The van der Waals surface area contributed by atoms with Crippen LogP contribution >= 0.6 is 0 Å². The number of amides is 1. The molecule has 1 aliphatic rings. The Morgan fingerprint density at radius 1 is 1.33 bits per heavy atom. The standard InChI is InChI=1S/C18H26N4O2/c1-4-17-20-15-12-14(6-7-16(15)22(17)5-2)19-18(23)13(3)21-8-10-24-11-9-21/h6-7,12-13H,4-5,8-11H2,1-3H3,(H,19,23)/t13-/m1/s1. The number of hydrogen-bond donors (Lipinski definition) is 1. The number of nitrogens with one attached hydrogen (secondary N) is 1. The van der Waals surface area contributed by atoms with E-state index in [9.17, 15) is 4.79 Å². The van der Waals surface area contributed by atoms with Crippen LogP contribution in [0.4, 0.5) is 5.69 Å². The molecule has 2 heterocycles. The number of anilines is 1. The molecule has 1 atom stereocenters. The molecule has 6 heteroatoms. The first kappa shape index (κ1) is 16.9. The first-order chi connectivity index (χ1) is 11.6. The third-order valence-corrected chi connectivity index (χ3v) is 4.70. The lowest BCUT2D eigenvalue weighted by Gasteiger charge is -2.31. The van der Waals surface area contributed by atoms with E-state index in [-0.39, 0.29) is 11.9 Å². The Morgan fingerprint density at radius 2 is 2.08 bits per heavy atom. The molecule has 0 aliphatic carbocycles. The molecule has 1 fully saturated rings. The van der Waals surface area contributed by atoms with Gasteiger partial charge in [0.2, 0.25) is 5.91 Å². The van der Waals surface area contributed by atoms with E-state index < -0.39 is 0 Å². The average Bonchev–Trinajstić information content (AvgIpc) is 2.98. The van der Waals surface area contributed by atoms with Gasteiger partial charge in [-0.25, -0.2) is 4.98 Å². The van der Waals surface area contributed by atoms with Crippen molar-refractivity contribution < 1.29 is 9.53 Å². The molecule has 0 radical (unpaired) electrons. The topological polar surface area (TPSA) is 59.4 Å². The first-order valence-electron chi connectivity index (χ1n) is 8.75. The molecule has 1 amide bonds. The van der Waals surface area contributed by atoms with Gasteiger partial charge in [0.05, 0.1) is 30.3 Å². The number of aryl methyl sites for hydroxylation is 2. The zero-order valence-electron chi connectivity index (χ0n) is 14.7. The van der Waals surface area contributed by atoms with Crippen molar-refractivity contribution in [2.24, 2.45) is 0 Å². The summed E-state index contributed by atoms with van der Waals surface area (Å²) < 4.78 is 7.57. The SMILES string of the molecule is CCc1nc2cc(NC(=O)[C@@H](C)N3CCOCC3)ccc2n1CC. The predicted octanol–water partition coefficient (Wildman–Crippen LogP) is 2.28. The molecule has 1 aliphatic heterocycles. The highest BCUT2D eigenvalue weighted by Crippen LogP contribution is 2.21. The van der Waals surface area contributed by atoms with E-state index in [0.29, 0.717) is 13.2 Å². The fourth-order valence-electron chi connectivity index (χ4n) is 3.26. The van der Waals surface area contributed by atoms with Crippen LogP contribution in [0.5, 0.6) is 0 Å². The number of nitrogens with zero attached hydrogens (tertiary/aromatic N) is 3. The molecule has 3 rings (SSSR count). The molecule has 130 valence electrons. The van der Waals surface area contributed by atoms with Gasteiger partial charge >= 0.3 is 0 Å². The number of rotatable bonds is 5. The number of ether oxygens (including phenoxy) is 1. The van der Waals surface area contributed by atoms with Crippen molar-refractivity contribution in [1.82, 2.24) is 14.5 Å². The molecular weight excluding hydrogens is 304 g/mol. The van der Waals surface area contributed by atoms with Crippen LogP contribution in [-0.2, 0) is 22.5 Å². The summed E-state index contributed by atoms with van der Waals surface area (Å²) in [6.45, 7) is 10.1. The minimum atomic E-state index is -0.163. The number of imidazole rings is 1. The molecule has 6 nitrogen and oxygen atoms in total. The third-order valence-electron chi connectivity index (χ3n) is 4.70. The molecule has 2 aromatic rings. The van der Waals surface area contributed by atoms with E-state index in [4.69, 9.17) is 4.74 Å². The second-order valence-electron chi connectivity index (χ2n) is 6.14. The second-order valence-corrected chi connectivity index (χ2v) is 6.14. The highest BCUT2D eigenvalue weighted by atomic mass is 16.5. The van der Waals surface area contributed by atoms with Gasteiger partial charge in [0.1, 0.15) is 5.82 Å². The number of hydrogen-bond acceptors (Lipinski definition) is 4. The Hall–Kier alpha value is -1.92. The van der Waals surface area contributed by atoms with Crippen molar-refractivity contribution in [3.63, 3.8) is 0 Å². The second kappa shape index (κ2) is 7.32. The quantitative estimate of drug-likeness (QED) is 0.914. The van der Waals surface area contributed by atoms with Gasteiger partial charge in [0.15, 0.2) is 0 Å². The summed E-state index contributed by atoms with van der Waals surface area (Å²) in [7, 11) is 0. The molecule has 1 N–H and O–H groups in total. The number of morpholine rings is 1. The largest absolute Gasteiger partial charge is 0.379 e. The zero-order valence-corrected chi connectivity index (χ0v) is 14.7. The lowest BCUT2D eigenvalue weighted by molar-refractivity contribution is -0.122. The molecule has 1 aromatic carbocycles. The number of carbonyl (C=O) groups is 1. The molecule has 0 bridgehead atoms. The van der Waals surface area contributed by atoms with Gasteiger partial charge in [-0.15, -0.1) is 0 Å². The minimum absolute atomic E-state index is 0.0156. The van der Waals surface area contributed by atoms with Crippen LogP contribution in [0, 0.1) is 0 Å². The van der Waals surface area contributed by atoms with Gasteiger partial charge in [-0.1, -0.05) is 6.92 Å². The molecular formula is C18H26N4O2. The van der Waals surface area contributed by atoms with E-state index in [0.717, 1.165) is 48.6 Å². The first-order valence-corrected chi connectivity index (χ1v) is 8.75. The van der Waals surface area contributed by atoms with Gasteiger partial charge in [-0.2, -0.15) is 0 Å². The van der Waals surface area contributed by atoms with Crippen LogP contribution in [0.2, 0.25) is 0 Å². The van der Waals surface area contributed by atoms with Crippen LogP contribution in [0.3, 0.4) is 0 Å². The van der Waals surface area contributed by atoms with Gasteiger partial charge in [-0.3, -0.25) is 9.69 Å². The Bertz CT molecular complexity index is 719. The van der Waals surface area contributed by atoms with Crippen LogP contribution in [-0.4, -0.2) is 52.7 Å². The summed E-state index contributed by atoms with van der Waals surface area (Å²) in [4.78, 5) is 19.4. The molecule has 1 aromatic heterocycles.